The molecule has 1 fully saturated rings. The molecule has 20 heavy (non-hydrogen) atoms. The molecule has 6 nitrogen and oxygen atoms in total. The van der Waals surface area contributed by atoms with Crippen molar-refractivity contribution in [3.8, 4) is 0 Å². The number of rotatable bonds is 6. The fraction of sp³-hybridized carbons (Fsp3) is 0.692. The highest BCUT2D eigenvalue weighted by atomic mass is 32.2. The zero-order chi connectivity index (χ0) is 14.6. The van der Waals surface area contributed by atoms with Crippen molar-refractivity contribution in [2.75, 3.05) is 18.8 Å². The quantitative estimate of drug-likeness (QED) is 0.807. The molecule has 1 aliphatic rings. The van der Waals surface area contributed by atoms with Gasteiger partial charge in [0.1, 0.15) is 18.1 Å². The molecule has 0 radical (unpaired) electrons. The Balaban J connectivity index is 1.77. The summed E-state index contributed by atoms with van der Waals surface area (Å²) in [5, 5.41) is 12.3. The van der Waals surface area contributed by atoms with E-state index in [-0.39, 0.29) is 12.4 Å². The van der Waals surface area contributed by atoms with Crippen molar-refractivity contribution < 1.29 is 17.9 Å². The van der Waals surface area contributed by atoms with Crippen LogP contribution in [-0.4, -0.2) is 42.7 Å². The summed E-state index contributed by atoms with van der Waals surface area (Å²) in [5.74, 6) is 1.52. The third-order valence-electron chi connectivity index (χ3n) is 3.65. The van der Waals surface area contributed by atoms with Gasteiger partial charge < -0.3 is 14.8 Å². The van der Waals surface area contributed by atoms with E-state index in [0.29, 0.717) is 31.4 Å². The lowest BCUT2D eigenvalue weighted by Gasteiger charge is -2.31. The van der Waals surface area contributed by atoms with Crippen LogP contribution < -0.4 is 5.32 Å². The molecule has 2 heterocycles. The van der Waals surface area contributed by atoms with E-state index in [9.17, 15) is 8.42 Å². The normalized spacial score (nSPS) is 18.5. The van der Waals surface area contributed by atoms with Gasteiger partial charge in [0, 0.05) is 19.1 Å². The Labute approximate surface area is 119 Å². The van der Waals surface area contributed by atoms with Crippen LogP contribution in [0.2, 0.25) is 0 Å². The maximum Gasteiger partial charge on any atom is 0.213 e. The Bertz CT molecular complexity index is 518. The van der Waals surface area contributed by atoms with Crippen molar-refractivity contribution in [3.63, 3.8) is 0 Å². The van der Waals surface area contributed by atoms with Gasteiger partial charge >= 0.3 is 0 Å². The summed E-state index contributed by atoms with van der Waals surface area (Å²) in [4.78, 5) is 0. The molecule has 1 aromatic rings. The van der Waals surface area contributed by atoms with E-state index in [4.69, 9.17) is 9.52 Å². The molecule has 1 aromatic heterocycles. The third kappa shape index (κ3) is 3.82. The minimum Gasteiger partial charge on any atom is -0.462 e. The van der Waals surface area contributed by atoms with E-state index in [1.807, 2.05) is 6.07 Å². The second-order valence-corrected chi connectivity index (χ2v) is 7.24. The molecule has 0 atom stereocenters. The highest BCUT2D eigenvalue weighted by Crippen LogP contribution is 2.15. The zero-order valence-corrected chi connectivity index (χ0v) is 12.5. The minimum absolute atomic E-state index is 0.0900. The van der Waals surface area contributed by atoms with Crippen molar-refractivity contribution in [2.24, 2.45) is 0 Å². The molecule has 0 spiro atoms. The first-order valence-corrected chi connectivity index (χ1v) is 8.55. The molecule has 0 amide bonds. The molecule has 1 saturated heterocycles. The number of nitrogens with one attached hydrogen (secondary N) is 1. The van der Waals surface area contributed by atoms with Gasteiger partial charge in [-0.25, -0.2) is 12.7 Å². The van der Waals surface area contributed by atoms with Gasteiger partial charge in [0.15, 0.2) is 0 Å². The van der Waals surface area contributed by atoms with Crippen LogP contribution in [0, 0.1) is 0 Å². The second-order valence-electron chi connectivity index (χ2n) is 4.98. The lowest BCUT2D eigenvalue weighted by Crippen LogP contribution is -2.45. The summed E-state index contributed by atoms with van der Waals surface area (Å²) < 4.78 is 30.5. The summed E-state index contributed by atoms with van der Waals surface area (Å²) in [7, 11) is -3.05. The van der Waals surface area contributed by atoms with E-state index in [0.717, 1.165) is 18.6 Å². The molecular formula is C13H22N2O4S. The Morgan fingerprint density at radius 2 is 2.00 bits per heavy atom. The second kappa shape index (κ2) is 6.71. The van der Waals surface area contributed by atoms with Crippen LogP contribution in [0.25, 0.3) is 0 Å². The fourth-order valence-corrected chi connectivity index (χ4v) is 3.50. The van der Waals surface area contributed by atoms with Crippen LogP contribution in [0.1, 0.15) is 31.3 Å². The largest absolute Gasteiger partial charge is 0.462 e. The summed E-state index contributed by atoms with van der Waals surface area (Å²) in [6.07, 6.45) is 1.62. The SMILES string of the molecule is CCS(=O)(=O)N1CCC(NCc2ccc(CO)o2)CC1. The number of hydrogen-bond acceptors (Lipinski definition) is 5. The number of furan rings is 1. The molecule has 1 aliphatic heterocycles. The average Bonchev–Trinajstić information content (AvgIpc) is 2.93. The summed E-state index contributed by atoms with van der Waals surface area (Å²) in [5.41, 5.74) is 0. The van der Waals surface area contributed by atoms with Crippen LogP contribution >= 0.6 is 0 Å². The number of sulfonamides is 1. The predicted molar refractivity (Wildman–Crippen MR) is 75.5 cm³/mol. The molecule has 114 valence electrons. The van der Waals surface area contributed by atoms with Gasteiger partial charge in [0.25, 0.3) is 0 Å². The van der Waals surface area contributed by atoms with Gasteiger partial charge in [-0.15, -0.1) is 0 Å². The van der Waals surface area contributed by atoms with Gasteiger partial charge in [0.05, 0.1) is 12.3 Å². The van der Waals surface area contributed by atoms with E-state index < -0.39 is 10.0 Å². The smallest absolute Gasteiger partial charge is 0.213 e. The molecular weight excluding hydrogens is 280 g/mol. The molecule has 7 heteroatoms. The topological polar surface area (TPSA) is 82.8 Å². The third-order valence-corrected chi connectivity index (χ3v) is 5.53. The molecule has 0 aliphatic carbocycles. The maximum atomic E-state index is 11.7. The zero-order valence-electron chi connectivity index (χ0n) is 11.7. The van der Waals surface area contributed by atoms with E-state index in [1.165, 1.54) is 0 Å². The van der Waals surface area contributed by atoms with E-state index >= 15 is 0 Å². The molecule has 0 aromatic carbocycles. The molecule has 2 rings (SSSR count). The van der Waals surface area contributed by atoms with Crippen molar-refractivity contribution in [1.29, 1.82) is 0 Å². The Kier molecular flexibility index (Phi) is 5.20. The van der Waals surface area contributed by atoms with Crippen molar-refractivity contribution in [1.82, 2.24) is 9.62 Å². The molecule has 0 unspecified atom stereocenters. The number of piperidine rings is 1. The van der Waals surface area contributed by atoms with Gasteiger partial charge in [-0.3, -0.25) is 0 Å². The fourth-order valence-electron chi connectivity index (χ4n) is 2.37. The van der Waals surface area contributed by atoms with E-state index in [1.54, 1.807) is 17.3 Å². The van der Waals surface area contributed by atoms with Gasteiger partial charge in [-0.05, 0) is 31.9 Å². The number of aliphatic hydroxyl groups is 1. The van der Waals surface area contributed by atoms with Crippen LogP contribution in [0.3, 0.4) is 0 Å². The van der Waals surface area contributed by atoms with Crippen LogP contribution in [0.5, 0.6) is 0 Å². The first-order valence-electron chi connectivity index (χ1n) is 6.95. The Morgan fingerprint density at radius 3 is 2.55 bits per heavy atom. The predicted octanol–water partition coefficient (Wildman–Crippen LogP) is 0.676. The highest BCUT2D eigenvalue weighted by molar-refractivity contribution is 7.89. The summed E-state index contributed by atoms with van der Waals surface area (Å²) in [6, 6.07) is 3.91. The van der Waals surface area contributed by atoms with Gasteiger partial charge in [-0.1, -0.05) is 0 Å². The summed E-state index contributed by atoms with van der Waals surface area (Å²) >= 11 is 0. The summed E-state index contributed by atoms with van der Waals surface area (Å²) in [6.45, 7) is 3.34. The maximum absolute atomic E-state index is 11.7. The van der Waals surface area contributed by atoms with Crippen LogP contribution in [0.15, 0.2) is 16.5 Å². The Morgan fingerprint density at radius 1 is 1.35 bits per heavy atom. The van der Waals surface area contributed by atoms with Crippen molar-refractivity contribution in [3.05, 3.63) is 23.7 Å². The standard InChI is InChI=1S/C13H22N2O4S/c1-2-20(17,18)15-7-5-11(6-8-15)14-9-12-3-4-13(10-16)19-12/h3-4,11,14,16H,2,5-10H2,1H3. The average molecular weight is 302 g/mol. The number of hydrogen-bond donors (Lipinski definition) is 2. The van der Waals surface area contributed by atoms with Crippen molar-refractivity contribution >= 4 is 10.0 Å². The number of nitrogens with zero attached hydrogens (tertiary/aromatic N) is 1. The minimum atomic E-state index is -3.05. The lowest BCUT2D eigenvalue weighted by molar-refractivity contribution is 0.240. The molecule has 0 saturated carbocycles. The van der Waals surface area contributed by atoms with Crippen LogP contribution in [-0.2, 0) is 23.2 Å². The van der Waals surface area contributed by atoms with E-state index in [2.05, 4.69) is 5.32 Å². The lowest BCUT2D eigenvalue weighted by atomic mass is 10.1. The first kappa shape index (κ1) is 15.5. The van der Waals surface area contributed by atoms with Crippen molar-refractivity contribution in [2.45, 2.75) is 39.0 Å². The first-order chi connectivity index (χ1) is 9.55. The highest BCUT2D eigenvalue weighted by Gasteiger charge is 2.26. The Hall–Kier alpha value is -0.890. The molecule has 2 N–H and O–H groups in total. The monoisotopic (exact) mass is 302 g/mol. The number of aliphatic hydroxyl groups excluding tert-OH is 1. The molecule has 0 bridgehead atoms. The van der Waals surface area contributed by atoms with Gasteiger partial charge in [-0.2, -0.15) is 0 Å². The van der Waals surface area contributed by atoms with Gasteiger partial charge in [0.2, 0.25) is 10.0 Å². The van der Waals surface area contributed by atoms with Crippen LogP contribution in [0.4, 0.5) is 0 Å².